The van der Waals surface area contributed by atoms with E-state index < -0.39 is 5.41 Å². The molecule has 1 aliphatic carbocycles. The van der Waals surface area contributed by atoms with Gasteiger partial charge in [-0.2, -0.15) is 0 Å². The number of fused-ring (bicyclic) bond motifs is 6. The van der Waals surface area contributed by atoms with Crippen molar-refractivity contribution in [3.05, 3.63) is 247 Å². The van der Waals surface area contributed by atoms with Gasteiger partial charge in [-0.05, 0) is 104 Å². The van der Waals surface area contributed by atoms with E-state index in [1.807, 2.05) is 6.07 Å². The Hall–Kier alpha value is -7.42. The van der Waals surface area contributed by atoms with E-state index in [2.05, 4.69) is 223 Å². The fraction of sp³-hybridized carbons (Fsp3) is 0.0182. The molecule has 0 radical (unpaired) electrons. The van der Waals surface area contributed by atoms with Crippen LogP contribution in [0.25, 0.3) is 55.3 Å². The average molecular weight is 728 g/mol. The van der Waals surface area contributed by atoms with Crippen LogP contribution >= 0.6 is 0 Å². The summed E-state index contributed by atoms with van der Waals surface area (Å²) in [4.78, 5) is 2.39. The molecular formula is C55H37NO. The monoisotopic (exact) mass is 727 g/mol. The van der Waals surface area contributed by atoms with E-state index in [4.69, 9.17) is 4.42 Å². The van der Waals surface area contributed by atoms with Crippen LogP contribution in [0.5, 0.6) is 0 Å². The van der Waals surface area contributed by atoms with E-state index in [0.717, 1.165) is 39.0 Å². The highest BCUT2D eigenvalue weighted by Crippen LogP contribution is 2.57. The molecule has 11 rings (SSSR count). The lowest BCUT2D eigenvalue weighted by Crippen LogP contribution is -2.28. The third-order valence-corrected chi connectivity index (χ3v) is 11.8. The number of anilines is 3. The summed E-state index contributed by atoms with van der Waals surface area (Å²) in [7, 11) is 0. The Bertz CT molecular complexity index is 2960. The van der Waals surface area contributed by atoms with E-state index in [1.54, 1.807) is 0 Å². The van der Waals surface area contributed by atoms with Gasteiger partial charge in [-0.3, -0.25) is 0 Å². The molecule has 0 saturated heterocycles. The number of hydrogen-bond acceptors (Lipinski definition) is 2. The maximum Gasteiger partial charge on any atom is 0.135 e. The van der Waals surface area contributed by atoms with Crippen molar-refractivity contribution in [2.75, 3.05) is 4.90 Å². The highest BCUT2D eigenvalue weighted by molar-refractivity contribution is 6.05. The molecule has 1 aromatic heterocycles. The second-order valence-electron chi connectivity index (χ2n) is 14.9. The third-order valence-electron chi connectivity index (χ3n) is 11.8. The van der Waals surface area contributed by atoms with Crippen molar-refractivity contribution in [3.8, 4) is 33.4 Å². The molecule has 268 valence electrons. The predicted octanol–water partition coefficient (Wildman–Crippen LogP) is 14.8. The molecule has 2 nitrogen and oxygen atoms in total. The van der Waals surface area contributed by atoms with Crippen LogP contribution in [0.1, 0.15) is 22.3 Å². The topological polar surface area (TPSA) is 16.4 Å². The lowest BCUT2D eigenvalue weighted by atomic mass is 9.67. The van der Waals surface area contributed by atoms with Crippen LogP contribution in [0.2, 0.25) is 0 Å². The molecule has 0 bridgehead atoms. The summed E-state index contributed by atoms with van der Waals surface area (Å²) in [6, 6.07) is 81.2. The molecule has 9 aromatic carbocycles. The van der Waals surface area contributed by atoms with E-state index in [-0.39, 0.29) is 0 Å². The molecule has 10 aromatic rings. The van der Waals surface area contributed by atoms with Crippen LogP contribution in [0.4, 0.5) is 17.1 Å². The highest BCUT2D eigenvalue weighted by atomic mass is 16.3. The van der Waals surface area contributed by atoms with Gasteiger partial charge in [0.05, 0.1) is 5.41 Å². The van der Waals surface area contributed by atoms with Crippen molar-refractivity contribution in [1.29, 1.82) is 0 Å². The first-order chi connectivity index (χ1) is 28.3. The smallest absolute Gasteiger partial charge is 0.135 e. The standard InChI is InChI=1S/C55H37NO/c1-4-14-38(15-5-1)40-24-29-44(30-25-40)56(45-31-26-41(27-32-45)39-16-6-2-7-17-39)46-33-35-48-47-20-10-12-22-51(47)55(52(48)37-46,42-18-8-3-9-19-42)43-28-34-50-49-21-11-13-23-53(49)57-54(50)36-43/h1-37H. The van der Waals surface area contributed by atoms with Crippen molar-refractivity contribution in [2.24, 2.45) is 0 Å². The van der Waals surface area contributed by atoms with Gasteiger partial charge < -0.3 is 9.32 Å². The van der Waals surface area contributed by atoms with E-state index >= 15 is 0 Å². The summed E-state index contributed by atoms with van der Waals surface area (Å²) >= 11 is 0. The normalized spacial score (nSPS) is 14.4. The summed E-state index contributed by atoms with van der Waals surface area (Å²) in [5.74, 6) is 0. The molecule has 0 spiro atoms. The van der Waals surface area contributed by atoms with Crippen LogP contribution < -0.4 is 4.90 Å². The predicted molar refractivity (Wildman–Crippen MR) is 237 cm³/mol. The molecule has 0 fully saturated rings. The third kappa shape index (κ3) is 5.33. The maximum atomic E-state index is 6.56. The van der Waals surface area contributed by atoms with Crippen LogP contribution in [0.3, 0.4) is 0 Å². The summed E-state index contributed by atoms with van der Waals surface area (Å²) in [5, 5.41) is 2.26. The van der Waals surface area contributed by atoms with Crippen molar-refractivity contribution in [3.63, 3.8) is 0 Å². The molecule has 0 saturated carbocycles. The van der Waals surface area contributed by atoms with Gasteiger partial charge in [-0.1, -0.05) is 176 Å². The minimum absolute atomic E-state index is 0.601. The number of rotatable bonds is 7. The zero-order valence-corrected chi connectivity index (χ0v) is 31.2. The summed E-state index contributed by atoms with van der Waals surface area (Å²) < 4.78 is 6.56. The number of furan rings is 1. The minimum atomic E-state index is -0.601. The van der Waals surface area contributed by atoms with Gasteiger partial charge >= 0.3 is 0 Å². The Morgan fingerprint density at radius 1 is 0.316 bits per heavy atom. The Kier molecular flexibility index (Phi) is 7.75. The molecule has 1 aliphatic rings. The average Bonchev–Trinajstić information content (AvgIpc) is 3.81. The first-order valence-electron chi connectivity index (χ1n) is 19.6. The van der Waals surface area contributed by atoms with Crippen LogP contribution in [0, 0.1) is 0 Å². The van der Waals surface area contributed by atoms with E-state index in [9.17, 15) is 0 Å². The van der Waals surface area contributed by atoms with Gasteiger partial charge in [0.2, 0.25) is 0 Å². The first kappa shape index (κ1) is 33.0. The SMILES string of the molecule is c1ccc(-c2ccc(N(c3ccc(-c4ccccc4)cc3)c3ccc4c(c3)C(c3ccccc3)(c3ccc5c(c3)oc3ccccc35)c3ccccc3-4)cc2)cc1. The molecular weight excluding hydrogens is 691 g/mol. The number of hydrogen-bond donors (Lipinski definition) is 0. The van der Waals surface area contributed by atoms with Gasteiger partial charge in [0.15, 0.2) is 0 Å². The summed E-state index contributed by atoms with van der Waals surface area (Å²) in [5.41, 5.74) is 16.6. The zero-order chi connectivity index (χ0) is 37.8. The van der Waals surface area contributed by atoms with Crippen molar-refractivity contribution < 1.29 is 4.42 Å². The number of nitrogens with zero attached hydrogens (tertiary/aromatic N) is 1. The lowest BCUT2D eigenvalue weighted by molar-refractivity contribution is 0.665. The number of para-hydroxylation sites is 1. The van der Waals surface area contributed by atoms with Crippen molar-refractivity contribution in [1.82, 2.24) is 0 Å². The minimum Gasteiger partial charge on any atom is -0.456 e. The summed E-state index contributed by atoms with van der Waals surface area (Å²) in [6.07, 6.45) is 0. The van der Waals surface area contributed by atoms with Crippen molar-refractivity contribution in [2.45, 2.75) is 5.41 Å². The van der Waals surface area contributed by atoms with Crippen LogP contribution in [-0.2, 0) is 5.41 Å². The van der Waals surface area contributed by atoms with Gasteiger partial charge in [0, 0.05) is 27.8 Å². The molecule has 2 heteroatoms. The summed E-state index contributed by atoms with van der Waals surface area (Å²) in [6.45, 7) is 0. The van der Waals surface area contributed by atoms with Crippen molar-refractivity contribution >= 4 is 39.0 Å². The zero-order valence-electron chi connectivity index (χ0n) is 31.2. The maximum absolute atomic E-state index is 6.56. The molecule has 0 N–H and O–H groups in total. The van der Waals surface area contributed by atoms with Gasteiger partial charge in [0.1, 0.15) is 11.2 Å². The quantitative estimate of drug-likeness (QED) is 0.163. The van der Waals surface area contributed by atoms with Gasteiger partial charge in [-0.15, -0.1) is 0 Å². The molecule has 1 atom stereocenters. The fourth-order valence-corrected chi connectivity index (χ4v) is 9.16. The van der Waals surface area contributed by atoms with Crippen LogP contribution in [0.15, 0.2) is 229 Å². The van der Waals surface area contributed by atoms with E-state index in [0.29, 0.717) is 0 Å². The molecule has 1 unspecified atom stereocenters. The van der Waals surface area contributed by atoms with Gasteiger partial charge in [-0.25, -0.2) is 0 Å². The fourth-order valence-electron chi connectivity index (χ4n) is 9.16. The molecule has 57 heavy (non-hydrogen) atoms. The van der Waals surface area contributed by atoms with Gasteiger partial charge in [0.25, 0.3) is 0 Å². The Morgan fingerprint density at radius 2 is 0.825 bits per heavy atom. The second-order valence-corrected chi connectivity index (χ2v) is 14.9. The molecule has 0 aliphatic heterocycles. The number of benzene rings is 9. The van der Waals surface area contributed by atoms with E-state index in [1.165, 1.54) is 55.6 Å². The molecule has 1 heterocycles. The lowest BCUT2D eigenvalue weighted by Gasteiger charge is -2.35. The second kappa shape index (κ2) is 13.4. The Labute approximate surface area is 332 Å². The largest absolute Gasteiger partial charge is 0.456 e. The van der Waals surface area contributed by atoms with Crippen LogP contribution in [-0.4, -0.2) is 0 Å². The Morgan fingerprint density at radius 3 is 1.49 bits per heavy atom. The Balaban J connectivity index is 1.14. The molecule has 0 amide bonds. The first-order valence-corrected chi connectivity index (χ1v) is 19.6. The highest BCUT2D eigenvalue weighted by Gasteiger charge is 2.46.